The van der Waals surface area contributed by atoms with E-state index < -0.39 is 48.3 Å². The molecule has 0 aromatic rings. The van der Waals surface area contributed by atoms with Gasteiger partial charge in [0.15, 0.2) is 0 Å². The fourth-order valence-electron chi connectivity index (χ4n) is 2.87. The van der Waals surface area contributed by atoms with Crippen LogP contribution in [0.5, 0.6) is 0 Å². The number of aliphatic carboxylic acids is 2. The van der Waals surface area contributed by atoms with Gasteiger partial charge in [-0.3, -0.25) is 19.2 Å². The molecular weight excluding hydrogens is 392 g/mol. The lowest BCUT2D eigenvalue weighted by atomic mass is 10.1. The van der Waals surface area contributed by atoms with Crippen molar-refractivity contribution in [3.8, 4) is 0 Å². The summed E-state index contributed by atoms with van der Waals surface area (Å²) >= 11 is 1.43. The first-order valence-corrected chi connectivity index (χ1v) is 10.1. The van der Waals surface area contributed by atoms with Crippen LogP contribution in [0.15, 0.2) is 0 Å². The van der Waals surface area contributed by atoms with Crippen LogP contribution in [-0.2, 0) is 24.0 Å². The molecule has 3 atom stereocenters. The Balaban J connectivity index is 2.84. The Kier molecular flexibility index (Phi) is 9.73. The third kappa shape index (κ3) is 7.00. The van der Waals surface area contributed by atoms with Gasteiger partial charge in [-0.2, -0.15) is 11.8 Å². The smallest absolute Gasteiger partial charge is 0.326 e. The highest BCUT2D eigenvalue weighted by Crippen LogP contribution is 2.18. The second kappa shape index (κ2) is 11.5. The summed E-state index contributed by atoms with van der Waals surface area (Å²) < 4.78 is 0. The highest BCUT2D eigenvalue weighted by molar-refractivity contribution is 7.98. The zero-order chi connectivity index (χ0) is 21.3. The van der Waals surface area contributed by atoms with Gasteiger partial charge in [0.05, 0.1) is 13.0 Å². The number of carboxylic acid groups (broad SMARTS) is 2. The van der Waals surface area contributed by atoms with Crippen molar-refractivity contribution in [1.82, 2.24) is 15.5 Å². The standard InChI is InChI=1S/C16H26N4O7S/c1-28-6-4-9(14(24)19-10(16(26)27)7-13(22)23)18-15(25)11-3-2-5-20(11)12(21)8-17/h9-11H,2-8,17H2,1H3,(H,18,25)(H,19,24)(H,22,23)(H,26,27). The summed E-state index contributed by atoms with van der Waals surface area (Å²) in [6.07, 6.45) is 2.30. The molecule has 0 aromatic heterocycles. The minimum atomic E-state index is -1.61. The summed E-state index contributed by atoms with van der Waals surface area (Å²) in [5, 5.41) is 22.6. The first-order chi connectivity index (χ1) is 13.2. The quantitative estimate of drug-likeness (QED) is 0.259. The van der Waals surface area contributed by atoms with Crippen LogP contribution in [0.3, 0.4) is 0 Å². The Bertz CT molecular complexity index is 616. The molecule has 0 aromatic carbocycles. The number of carbonyl (C=O) groups excluding carboxylic acids is 3. The summed E-state index contributed by atoms with van der Waals surface area (Å²) in [5.41, 5.74) is 5.36. The molecule has 158 valence electrons. The average molecular weight is 418 g/mol. The Morgan fingerprint density at radius 2 is 1.86 bits per heavy atom. The number of rotatable bonds is 11. The van der Waals surface area contributed by atoms with E-state index in [1.54, 1.807) is 6.26 Å². The minimum Gasteiger partial charge on any atom is -0.481 e. The predicted molar refractivity (Wildman–Crippen MR) is 101 cm³/mol. The maximum atomic E-state index is 12.6. The number of carboxylic acids is 2. The number of hydrogen-bond donors (Lipinski definition) is 5. The molecule has 1 aliphatic heterocycles. The fourth-order valence-corrected chi connectivity index (χ4v) is 3.35. The molecule has 11 nitrogen and oxygen atoms in total. The van der Waals surface area contributed by atoms with E-state index in [-0.39, 0.29) is 18.9 Å². The lowest BCUT2D eigenvalue weighted by Gasteiger charge is -2.26. The number of carbonyl (C=O) groups is 5. The molecule has 12 heteroatoms. The van der Waals surface area contributed by atoms with Crippen molar-refractivity contribution in [2.75, 3.05) is 25.1 Å². The molecule has 1 heterocycles. The number of nitrogens with two attached hydrogens (primary N) is 1. The van der Waals surface area contributed by atoms with Gasteiger partial charge < -0.3 is 31.5 Å². The van der Waals surface area contributed by atoms with E-state index >= 15 is 0 Å². The van der Waals surface area contributed by atoms with Crippen molar-refractivity contribution in [1.29, 1.82) is 0 Å². The minimum absolute atomic E-state index is 0.218. The lowest BCUT2D eigenvalue weighted by molar-refractivity contribution is -0.147. The molecule has 0 aliphatic carbocycles. The number of nitrogens with one attached hydrogen (secondary N) is 2. The monoisotopic (exact) mass is 418 g/mol. The summed E-state index contributed by atoms with van der Waals surface area (Å²) in [7, 11) is 0. The SMILES string of the molecule is CSCCC(NC(=O)C1CCCN1C(=O)CN)C(=O)NC(CC(=O)O)C(=O)O. The molecule has 0 radical (unpaired) electrons. The van der Waals surface area contributed by atoms with Gasteiger partial charge in [0.1, 0.15) is 18.1 Å². The largest absolute Gasteiger partial charge is 0.481 e. The molecule has 1 aliphatic rings. The summed E-state index contributed by atoms with van der Waals surface area (Å²) in [4.78, 5) is 60.3. The van der Waals surface area contributed by atoms with Gasteiger partial charge >= 0.3 is 11.9 Å². The van der Waals surface area contributed by atoms with E-state index in [0.717, 1.165) is 0 Å². The summed E-state index contributed by atoms with van der Waals surface area (Å²) in [5.74, 6) is -4.03. The van der Waals surface area contributed by atoms with Crippen molar-refractivity contribution in [3.63, 3.8) is 0 Å². The highest BCUT2D eigenvalue weighted by atomic mass is 32.2. The van der Waals surface area contributed by atoms with Gasteiger partial charge in [-0.1, -0.05) is 0 Å². The van der Waals surface area contributed by atoms with Gasteiger partial charge in [-0.25, -0.2) is 4.79 Å². The maximum Gasteiger partial charge on any atom is 0.326 e. The molecule has 1 rings (SSSR count). The maximum absolute atomic E-state index is 12.6. The van der Waals surface area contributed by atoms with Crippen molar-refractivity contribution in [3.05, 3.63) is 0 Å². The fraction of sp³-hybridized carbons (Fsp3) is 0.688. The van der Waals surface area contributed by atoms with Crippen molar-refractivity contribution < 1.29 is 34.2 Å². The number of nitrogens with zero attached hydrogens (tertiary/aromatic N) is 1. The normalized spacial score (nSPS) is 18.2. The Hall–Kier alpha value is -2.34. The first kappa shape index (κ1) is 23.7. The van der Waals surface area contributed by atoms with Crippen LogP contribution in [0.2, 0.25) is 0 Å². The average Bonchev–Trinajstić information content (AvgIpc) is 3.13. The van der Waals surface area contributed by atoms with Gasteiger partial charge in [0.25, 0.3) is 0 Å². The molecule has 1 fully saturated rings. The van der Waals surface area contributed by atoms with Crippen LogP contribution < -0.4 is 16.4 Å². The number of hydrogen-bond acceptors (Lipinski definition) is 7. The second-order valence-electron chi connectivity index (χ2n) is 6.29. The van der Waals surface area contributed by atoms with E-state index in [9.17, 15) is 24.0 Å². The topological polar surface area (TPSA) is 179 Å². The van der Waals surface area contributed by atoms with Gasteiger partial charge in [0, 0.05) is 6.54 Å². The van der Waals surface area contributed by atoms with E-state index in [1.165, 1.54) is 16.7 Å². The molecule has 0 spiro atoms. The third-order valence-corrected chi connectivity index (χ3v) is 4.93. The third-order valence-electron chi connectivity index (χ3n) is 4.29. The summed E-state index contributed by atoms with van der Waals surface area (Å²) in [6, 6.07) is -3.40. The number of likely N-dealkylation sites (tertiary alicyclic amines) is 1. The van der Waals surface area contributed by atoms with Gasteiger partial charge in [-0.05, 0) is 31.3 Å². The van der Waals surface area contributed by atoms with Crippen LogP contribution in [0.4, 0.5) is 0 Å². The first-order valence-electron chi connectivity index (χ1n) is 8.75. The zero-order valence-corrected chi connectivity index (χ0v) is 16.4. The zero-order valence-electron chi connectivity index (χ0n) is 15.6. The van der Waals surface area contributed by atoms with Crippen LogP contribution in [0, 0.1) is 0 Å². The van der Waals surface area contributed by atoms with Gasteiger partial charge in [-0.15, -0.1) is 0 Å². The number of amides is 3. The van der Waals surface area contributed by atoms with Crippen molar-refractivity contribution >= 4 is 41.4 Å². The van der Waals surface area contributed by atoms with Crippen LogP contribution >= 0.6 is 11.8 Å². The number of thioether (sulfide) groups is 1. The van der Waals surface area contributed by atoms with Crippen molar-refractivity contribution in [2.45, 2.75) is 43.8 Å². The van der Waals surface area contributed by atoms with E-state index in [1.807, 2.05) is 0 Å². The molecule has 6 N–H and O–H groups in total. The molecule has 1 saturated heterocycles. The Labute approximate surface area is 166 Å². The molecule has 3 unspecified atom stereocenters. The molecule has 0 saturated carbocycles. The molecular formula is C16H26N4O7S. The second-order valence-corrected chi connectivity index (χ2v) is 7.27. The van der Waals surface area contributed by atoms with Crippen LogP contribution in [0.25, 0.3) is 0 Å². The molecule has 0 bridgehead atoms. The van der Waals surface area contributed by atoms with E-state index in [4.69, 9.17) is 15.9 Å². The molecule has 28 heavy (non-hydrogen) atoms. The lowest BCUT2D eigenvalue weighted by Crippen LogP contribution is -2.56. The van der Waals surface area contributed by atoms with E-state index in [0.29, 0.717) is 25.1 Å². The van der Waals surface area contributed by atoms with Gasteiger partial charge in [0.2, 0.25) is 17.7 Å². The summed E-state index contributed by atoms with van der Waals surface area (Å²) in [6.45, 7) is 0.172. The van der Waals surface area contributed by atoms with Crippen LogP contribution in [0.1, 0.15) is 25.7 Å². The highest BCUT2D eigenvalue weighted by Gasteiger charge is 2.36. The Morgan fingerprint density at radius 1 is 1.18 bits per heavy atom. The Morgan fingerprint density at radius 3 is 2.39 bits per heavy atom. The van der Waals surface area contributed by atoms with E-state index in [2.05, 4.69) is 10.6 Å². The predicted octanol–water partition coefficient (Wildman–Crippen LogP) is -1.78. The van der Waals surface area contributed by atoms with Crippen molar-refractivity contribution in [2.24, 2.45) is 5.73 Å². The van der Waals surface area contributed by atoms with Crippen LogP contribution in [-0.4, -0.2) is 88.0 Å². The molecule has 3 amide bonds.